The molecule has 0 radical (unpaired) electrons. The molecule has 1 aliphatic heterocycles. The molecule has 1 aliphatic rings. The van der Waals surface area contributed by atoms with Crippen LogP contribution in [-0.2, 0) is 4.74 Å². The van der Waals surface area contributed by atoms with Crippen LogP contribution in [-0.4, -0.2) is 37.1 Å². The van der Waals surface area contributed by atoms with Gasteiger partial charge in [-0.15, -0.1) is 0 Å². The van der Waals surface area contributed by atoms with Gasteiger partial charge in [-0.2, -0.15) is 0 Å². The van der Waals surface area contributed by atoms with Gasteiger partial charge in [0.15, 0.2) is 0 Å². The molecule has 3 rings (SSSR count). The number of carbonyl (C=O) groups is 1. The zero-order valence-electron chi connectivity index (χ0n) is 13.7. The highest BCUT2D eigenvalue weighted by Crippen LogP contribution is 2.27. The molecule has 2 aromatic rings. The standard InChI is InChI=1S/C19H20ClNO3/c1-13-12-24-18(14-5-9-17(23-2)10-6-14)11-21(13)19(22)15-3-7-16(20)8-4-15/h3-10,13,18H,11-12H2,1-2H3. The SMILES string of the molecule is COc1ccc(C2CN(C(=O)c3ccc(Cl)cc3)C(C)CO2)cc1. The van der Waals surface area contributed by atoms with Crippen molar-refractivity contribution in [3.8, 4) is 5.75 Å². The van der Waals surface area contributed by atoms with Gasteiger partial charge in [-0.1, -0.05) is 23.7 Å². The maximum Gasteiger partial charge on any atom is 0.254 e. The average Bonchev–Trinajstić information content (AvgIpc) is 2.62. The number of amides is 1. The van der Waals surface area contributed by atoms with Crippen LogP contribution in [0.5, 0.6) is 5.75 Å². The molecule has 0 bridgehead atoms. The first-order valence-corrected chi connectivity index (χ1v) is 8.28. The van der Waals surface area contributed by atoms with Crippen molar-refractivity contribution < 1.29 is 14.3 Å². The van der Waals surface area contributed by atoms with Crippen LogP contribution < -0.4 is 4.74 Å². The molecule has 4 nitrogen and oxygen atoms in total. The summed E-state index contributed by atoms with van der Waals surface area (Å²) in [6.45, 7) is 3.03. The molecule has 0 N–H and O–H groups in total. The quantitative estimate of drug-likeness (QED) is 0.845. The number of hydrogen-bond acceptors (Lipinski definition) is 3. The van der Waals surface area contributed by atoms with Crippen LogP contribution in [0.25, 0.3) is 0 Å². The third-order valence-corrected chi connectivity index (χ3v) is 4.52. The Morgan fingerprint density at radius 3 is 2.46 bits per heavy atom. The van der Waals surface area contributed by atoms with Gasteiger partial charge in [0.05, 0.1) is 26.3 Å². The largest absolute Gasteiger partial charge is 0.497 e. The van der Waals surface area contributed by atoms with Crippen molar-refractivity contribution in [2.24, 2.45) is 0 Å². The first-order valence-electron chi connectivity index (χ1n) is 7.90. The summed E-state index contributed by atoms with van der Waals surface area (Å²) in [5.74, 6) is 0.804. The zero-order chi connectivity index (χ0) is 17.1. The number of rotatable bonds is 3. The van der Waals surface area contributed by atoms with E-state index >= 15 is 0 Å². The Morgan fingerprint density at radius 2 is 1.83 bits per heavy atom. The molecule has 24 heavy (non-hydrogen) atoms. The summed E-state index contributed by atoms with van der Waals surface area (Å²) in [7, 11) is 1.64. The van der Waals surface area contributed by atoms with Crippen molar-refractivity contribution in [1.82, 2.24) is 4.90 Å². The molecule has 5 heteroatoms. The van der Waals surface area contributed by atoms with Crippen LogP contribution in [0.4, 0.5) is 0 Å². The van der Waals surface area contributed by atoms with Gasteiger partial charge in [0, 0.05) is 10.6 Å². The summed E-state index contributed by atoms with van der Waals surface area (Å²) in [6.07, 6.45) is -0.136. The van der Waals surface area contributed by atoms with Crippen molar-refractivity contribution in [3.05, 3.63) is 64.7 Å². The average molecular weight is 346 g/mol. The molecule has 1 heterocycles. The van der Waals surface area contributed by atoms with Crippen molar-refractivity contribution in [2.45, 2.75) is 19.1 Å². The Morgan fingerprint density at radius 1 is 1.17 bits per heavy atom. The van der Waals surface area contributed by atoms with E-state index in [4.69, 9.17) is 21.1 Å². The van der Waals surface area contributed by atoms with E-state index < -0.39 is 0 Å². The monoisotopic (exact) mass is 345 g/mol. The Balaban J connectivity index is 1.77. The molecular weight excluding hydrogens is 326 g/mol. The Labute approximate surface area is 146 Å². The smallest absolute Gasteiger partial charge is 0.254 e. The second-order valence-corrected chi connectivity index (χ2v) is 6.34. The zero-order valence-corrected chi connectivity index (χ0v) is 14.5. The van der Waals surface area contributed by atoms with Crippen molar-refractivity contribution in [1.29, 1.82) is 0 Å². The van der Waals surface area contributed by atoms with E-state index in [1.165, 1.54) is 0 Å². The molecule has 0 aliphatic carbocycles. The van der Waals surface area contributed by atoms with Crippen LogP contribution >= 0.6 is 11.6 Å². The van der Waals surface area contributed by atoms with Crippen molar-refractivity contribution in [2.75, 3.05) is 20.3 Å². The number of halogens is 1. The number of benzene rings is 2. The highest BCUT2D eigenvalue weighted by Gasteiger charge is 2.31. The van der Waals surface area contributed by atoms with Gasteiger partial charge in [-0.3, -0.25) is 4.79 Å². The summed E-state index contributed by atoms with van der Waals surface area (Å²) in [5.41, 5.74) is 1.68. The topological polar surface area (TPSA) is 38.8 Å². The molecule has 2 unspecified atom stereocenters. The van der Waals surface area contributed by atoms with E-state index in [0.29, 0.717) is 23.7 Å². The number of ether oxygens (including phenoxy) is 2. The lowest BCUT2D eigenvalue weighted by Gasteiger charge is -2.38. The third kappa shape index (κ3) is 3.55. The van der Waals surface area contributed by atoms with Crippen LogP contribution in [0, 0.1) is 0 Å². The first kappa shape index (κ1) is 16.8. The third-order valence-electron chi connectivity index (χ3n) is 4.27. The van der Waals surface area contributed by atoms with Gasteiger partial charge in [0.25, 0.3) is 5.91 Å². The fraction of sp³-hybridized carbons (Fsp3) is 0.316. The molecular formula is C19H20ClNO3. The van der Waals surface area contributed by atoms with Crippen molar-refractivity contribution >= 4 is 17.5 Å². The highest BCUT2D eigenvalue weighted by molar-refractivity contribution is 6.30. The Bertz CT molecular complexity index is 700. The highest BCUT2D eigenvalue weighted by atomic mass is 35.5. The molecule has 1 saturated heterocycles. The fourth-order valence-corrected chi connectivity index (χ4v) is 2.94. The minimum atomic E-state index is -0.136. The van der Waals surface area contributed by atoms with Crippen LogP contribution in [0.3, 0.4) is 0 Å². The number of methoxy groups -OCH3 is 1. The predicted molar refractivity (Wildman–Crippen MR) is 93.6 cm³/mol. The first-order chi connectivity index (χ1) is 11.6. The number of nitrogens with zero attached hydrogens (tertiary/aromatic N) is 1. The van der Waals surface area contributed by atoms with Gasteiger partial charge < -0.3 is 14.4 Å². The van der Waals surface area contributed by atoms with Gasteiger partial charge in [-0.05, 0) is 48.9 Å². The maximum atomic E-state index is 12.8. The number of morpholine rings is 1. The summed E-state index contributed by atoms with van der Waals surface area (Å²) >= 11 is 5.90. The van der Waals surface area contributed by atoms with Gasteiger partial charge >= 0.3 is 0 Å². The summed E-state index contributed by atoms with van der Waals surface area (Å²) in [6, 6.07) is 14.8. The van der Waals surface area contributed by atoms with E-state index in [0.717, 1.165) is 11.3 Å². The molecule has 0 spiro atoms. The van der Waals surface area contributed by atoms with E-state index in [1.807, 2.05) is 36.1 Å². The van der Waals surface area contributed by atoms with Gasteiger partial charge in [0.1, 0.15) is 11.9 Å². The molecule has 0 aromatic heterocycles. The number of hydrogen-bond donors (Lipinski definition) is 0. The predicted octanol–water partition coefficient (Wildman–Crippen LogP) is 3.95. The van der Waals surface area contributed by atoms with Crippen LogP contribution in [0.1, 0.15) is 28.9 Å². The van der Waals surface area contributed by atoms with E-state index in [1.54, 1.807) is 31.4 Å². The number of carbonyl (C=O) groups excluding carboxylic acids is 1. The molecule has 1 fully saturated rings. The molecule has 2 atom stereocenters. The summed E-state index contributed by atoms with van der Waals surface area (Å²) in [4.78, 5) is 14.7. The summed E-state index contributed by atoms with van der Waals surface area (Å²) in [5, 5.41) is 0.623. The van der Waals surface area contributed by atoms with E-state index in [9.17, 15) is 4.79 Å². The fourth-order valence-electron chi connectivity index (χ4n) is 2.82. The van der Waals surface area contributed by atoms with E-state index in [2.05, 4.69) is 0 Å². The second kappa shape index (κ2) is 7.24. The molecule has 1 amide bonds. The van der Waals surface area contributed by atoms with Crippen molar-refractivity contribution in [3.63, 3.8) is 0 Å². The normalized spacial score (nSPS) is 20.7. The lowest BCUT2D eigenvalue weighted by atomic mass is 10.0. The minimum absolute atomic E-state index is 0.000906. The van der Waals surface area contributed by atoms with E-state index in [-0.39, 0.29) is 18.1 Å². The van der Waals surface area contributed by atoms with Crippen LogP contribution in [0.15, 0.2) is 48.5 Å². The molecule has 126 valence electrons. The van der Waals surface area contributed by atoms with Gasteiger partial charge in [0.2, 0.25) is 0 Å². The summed E-state index contributed by atoms with van der Waals surface area (Å²) < 4.78 is 11.1. The second-order valence-electron chi connectivity index (χ2n) is 5.91. The van der Waals surface area contributed by atoms with Crippen LogP contribution in [0.2, 0.25) is 5.02 Å². The minimum Gasteiger partial charge on any atom is -0.497 e. The lowest BCUT2D eigenvalue weighted by Crippen LogP contribution is -2.48. The molecule has 2 aromatic carbocycles. The molecule has 0 saturated carbocycles. The lowest BCUT2D eigenvalue weighted by molar-refractivity contribution is -0.0486. The Kier molecular flexibility index (Phi) is 5.07. The van der Waals surface area contributed by atoms with Gasteiger partial charge in [-0.25, -0.2) is 0 Å². The maximum absolute atomic E-state index is 12.8. The Hall–Kier alpha value is -2.04.